The van der Waals surface area contributed by atoms with Crippen LogP contribution in [-0.4, -0.2) is 35.8 Å². The number of hydrogen-bond donors (Lipinski definition) is 0. The summed E-state index contributed by atoms with van der Waals surface area (Å²) in [7, 11) is 1.31. The lowest BCUT2D eigenvalue weighted by atomic mass is 9.89. The van der Waals surface area contributed by atoms with Gasteiger partial charge in [-0.1, -0.05) is 44.2 Å². The first-order valence-electron chi connectivity index (χ1n) is 7.91. The summed E-state index contributed by atoms with van der Waals surface area (Å²) in [5.74, 6) is -0.578. The van der Waals surface area contributed by atoms with E-state index in [4.69, 9.17) is 4.74 Å². The van der Waals surface area contributed by atoms with Crippen molar-refractivity contribution in [3.63, 3.8) is 0 Å². The fourth-order valence-corrected chi connectivity index (χ4v) is 2.89. The maximum absolute atomic E-state index is 12.9. The van der Waals surface area contributed by atoms with Crippen molar-refractivity contribution >= 4 is 17.7 Å². The van der Waals surface area contributed by atoms with Gasteiger partial charge in [0.2, 0.25) is 5.91 Å². The van der Waals surface area contributed by atoms with E-state index in [-0.39, 0.29) is 11.9 Å². The molecule has 2 rings (SSSR count). The van der Waals surface area contributed by atoms with Crippen LogP contribution >= 0.6 is 0 Å². The molecule has 1 aromatic carbocycles. The van der Waals surface area contributed by atoms with Crippen LogP contribution in [0.1, 0.15) is 32.8 Å². The van der Waals surface area contributed by atoms with Crippen molar-refractivity contribution < 1.29 is 14.3 Å². The molecule has 0 bridgehead atoms. The molecule has 23 heavy (non-hydrogen) atoms. The smallest absolute Gasteiger partial charge is 0.320 e. The van der Waals surface area contributed by atoms with Crippen LogP contribution in [0.2, 0.25) is 0 Å². The lowest BCUT2D eigenvalue weighted by Crippen LogP contribution is -2.51. The largest absolute Gasteiger partial charge is 0.468 e. The first-order valence-corrected chi connectivity index (χ1v) is 7.91. The molecule has 0 aromatic heterocycles. The van der Waals surface area contributed by atoms with E-state index in [1.807, 2.05) is 37.3 Å². The van der Waals surface area contributed by atoms with Gasteiger partial charge in [-0.05, 0) is 24.8 Å². The van der Waals surface area contributed by atoms with Crippen molar-refractivity contribution in [3.05, 3.63) is 35.9 Å². The maximum atomic E-state index is 12.9. The Labute approximate surface area is 137 Å². The van der Waals surface area contributed by atoms with E-state index in [2.05, 4.69) is 18.8 Å². The summed E-state index contributed by atoms with van der Waals surface area (Å²) < 4.78 is 4.85. The van der Waals surface area contributed by atoms with E-state index in [1.165, 1.54) is 7.11 Å². The maximum Gasteiger partial charge on any atom is 0.320 e. The molecule has 1 aromatic rings. The fraction of sp³-hybridized carbons (Fsp3) is 0.500. The number of ether oxygens (including phenoxy) is 1. The molecule has 2 atom stereocenters. The Balaban J connectivity index is 2.30. The molecular formula is C18H24N2O3. The second-order valence-corrected chi connectivity index (χ2v) is 6.28. The Morgan fingerprint density at radius 3 is 2.52 bits per heavy atom. The summed E-state index contributed by atoms with van der Waals surface area (Å²) in [5, 5.41) is 0. The van der Waals surface area contributed by atoms with Crippen LogP contribution < -0.4 is 0 Å². The number of carbonyl (C=O) groups is 2. The standard InChI is InChI=1S/C18H24N2O3/c1-12(2)10-15-16(18(22)23-4)17(21)20(13(3)19-15)11-14-8-6-5-7-9-14/h5-9,12,15-16H,10-11H2,1-4H3. The van der Waals surface area contributed by atoms with Gasteiger partial charge in [0.15, 0.2) is 5.92 Å². The van der Waals surface area contributed by atoms with Crippen LogP contribution in [0.3, 0.4) is 0 Å². The van der Waals surface area contributed by atoms with E-state index in [0.29, 0.717) is 24.7 Å². The Hall–Kier alpha value is -2.17. The number of amides is 1. The number of methoxy groups -OCH3 is 1. The zero-order valence-electron chi connectivity index (χ0n) is 14.2. The van der Waals surface area contributed by atoms with E-state index in [1.54, 1.807) is 4.90 Å². The summed E-state index contributed by atoms with van der Waals surface area (Å²) in [5.41, 5.74) is 1.00. The van der Waals surface area contributed by atoms with Gasteiger partial charge in [0, 0.05) is 0 Å². The second kappa shape index (κ2) is 7.40. The third-order valence-corrected chi connectivity index (χ3v) is 4.01. The summed E-state index contributed by atoms with van der Waals surface area (Å²) in [6, 6.07) is 9.34. The predicted molar refractivity (Wildman–Crippen MR) is 88.9 cm³/mol. The highest BCUT2D eigenvalue weighted by atomic mass is 16.5. The van der Waals surface area contributed by atoms with Crippen LogP contribution in [0.15, 0.2) is 35.3 Å². The number of carbonyl (C=O) groups excluding carboxylic acids is 2. The van der Waals surface area contributed by atoms with E-state index in [0.717, 1.165) is 5.56 Å². The number of rotatable bonds is 5. The van der Waals surface area contributed by atoms with Crippen molar-refractivity contribution in [2.24, 2.45) is 16.8 Å². The molecular weight excluding hydrogens is 292 g/mol. The summed E-state index contributed by atoms with van der Waals surface area (Å²) in [6.07, 6.45) is 0.683. The third-order valence-electron chi connectivity index (χ3n) is 4.01. The molecule has 5 heteroatoms. The highest BCUT2D eigenvalue weighted by Crippen LogP contribution is 2.26. The van der Waals surface area contributed by atoms with Gasteiger partial charge in [-0.15, -0.1) is 0 Å². The number of esters is 1. The van der Waals surface area contributed by atoms with Crippen molar-refractivity contribution in [1.82, 2.24) is 4.90 Å². The summed E-state index contributed by atoms with van der Waals surface area (Å²) in [4.78, 5) is 31.2. The van der Waals surface area contributed by atoms with E-state index < -0.39 is 11.9 Å². The van der Waals surface area contributed by atoms with Gasteiger partial charge in [-0.25, -0.2) is 0 Å². The zero-order chi connectivity index (χ0) is 17.0. The van der Waals surface area contributed by atoms with Crippen molar-refractivity contribution in [1.29, 1.82) is 0 Å². The average molecular weight is 316 g/mol. The molecule has 0 fully saturated rings. The molecule has 1 aliphatic heterocycles. The Bertz CT molecular complexity index is 596. The Kier molecular flexibility index (Phi) is 5.53. The normalized spacial score (nSPS) is 21.3. The summed E-state index contributed by atoms with van der Waals surface area (Å²) >= 11 is 0. The quantitative estimate of drug-likeness (QED) is 0.620. The van der Waals surface area contributed by atoms with Gasteiger partial charge in [-0.3, -0.25) is 19.5 Å². The molecule has 0 radical (unpaired) electrons. The number of hydrogen-bond acceptors (Lipinski definition) is 4. The number of amidine groups is 1. The lowest BCUT2D eigenvalue weighted by molar-refractivity contribution is -0.154. The topological polar surface area (TPSA) is 59.0 Å². The van der Waals surface area contributed by atoms with Gasteiger partial charge >= 0.3 is 5.97 Å². The molecule has 1 amide bonds. The molecule has 0 saturated carbocycles. The van der Waals surface area contributed by atoms with E-state index in [9.17, 15) is 9.59 Å². The van der Waals surface area contributed by atoms with Crippen molar-refractivity contribution in [2.75, 3.05) is 7.11 Å². The molecule has 0 N–H and O–H groups in total. The van der Waals surface area contributed by atoms with Gasteiger partial charge in [-0.2, -0.15) is 0 Å². The van der Waals surface area contributed by atoms with E-state index >= 15 is 0 Å². The minimum Gasteiger partial charge on any atom is -0.468 e. The van der Waals surface area contributed by atoms with Crippen LogP contribution in [0.5, 0.6) is 0 Å². The minimum absolute atomic E-state index is 0.223. The molecule has 124 valence electrons. The monoisotopic (exact) mass is 316 g/mol. The first kappa shape index (κ1) is 17.2. The average Bonchev–Trinajstić information content (AvgIpc) is 2.51. The molecule has 2 unspecified atom stereocenters. The Morgan fingerprint density at radius 1 is 1.30 bits per heavy atom. The van der Waals surface area contributed by atoms with Crippen LogP contribution in [-0.2, 0) is 20.9 Å². The number of nitrogens with zero attached hydrogens (tertiary/aromatic N) is 2. The van der Waals surface area contributed by atoms with Crippen LogP contribution in [0.4, 0.5) is 0 Å². The molecule has 1 aliphatic rings. The number of aliphatic imine (C=N–C) groups is 1. The highest BCUT2D eigenvalue weighted by Gasteiger charge is 2.42. The predicted octanol–water partition coefficient (Wildman–Crippen LogP) is 2.65. The SMILES string of the molecule is COC(=O)C1C(=O)N(Cc2ccccc2)C(C)=NC1CC(C)C. The minimum atomic E-state index is -0.852. The Morgan fingerprint density at radius 2 is 1.96 bits per heavy atom. The highest BCUT2D eigenvalue weighted by molar-refractivity contribution is 6.08. The van der Waals surface area contributed by atoms with Crippen LogP contribution in [0, 0.1) is 11.8 Å². The summed E-state index contributed by atoms with van der Waals surface area (Å²) in [6.45, 7) is 6.35. The third kappa shape index (κ3) is 3.97. The van der Waals surface area contributed by atoms with Gasteiger partial charge in [0.05, 0.1) is 19.7 Å². The zero-order valence-corrected chi connectivity index (χ0v) is 14.2. The fourth-order valence-electron chi connectivity index (χ4n) is 2.89. The van der Waals surface area contributed by atoms with Crippen LogP contribution in [0.25, 0.3) is 0 Å². The second-order valence-electron chi connectivity index (χ2n) is 6.28. The van der Waals surface area contributed by atoms with Crippen molar-refractivity contribution in [2.45, 2.75) is 39.8 Å². The molecule has 1 heterocycles. The van der Waals surface area contributed by atoms with Crippen molar-refractivity contribution in [3.8, 4) is 0 Å². The molecule has 0 saturated heterocycles. The van der Waals surface area contributed by atoms with Gasteiger partial charge in [0.1, 0.15) is 5.84 Å². The van der Waals surface area contributed by atoms with Gasteiger partial charge < -0.3 is 4.74 Å². The molecule has 5 nitrogen and oxygen atoms in total. The lowest BCUT2D eigenvalue weighted by Gasteiger charge is -2.34. The number of benzene rings is 1. The molecule has 0 spiro atoms. The van der Waals surface area contributed by atoms with Gasteiger partial charge in [0.25, 0.3) is 0 Å². The molecule has 0 aliphatic carbocycles. The first-order chi connectivity index (χ1) is 10.9.